The first-order valence-corrected chi connectivity index (χ1v) is 14.1. The highest BCUT2D eigenvalue weighted by Gasteiger charge is 2.29. The molecule has 1 aliphatic heterocycles. The van der Waals surface area contributed by atoms with Gasteiger partial charge in [0, 0.05) is 31.4 Å². The van der Waals surface area contributed by atoms with Crippen LogP contribution in [0.5, 0.6) is 5.75 Å². The van der Waals surface area contributed by atoms with E-state index in [0.29, 0.717) is 48.4 Å². The molecule has 2 aromatic heterocycles. The first-order valence-electron chi connectivity index (χ1n) is 14.1. The molecule has 1 saturated heterocycles. The number of aromatic nitrogens is 4. The highest BCUT2D eigenvalue weighted by molar-refractivity contribution is 5.79. The molecular formula is C31H36FN7O4. The number of hydrogen-bond donors (Lipinski definition) is 3. The number of ether oxygens (including phenoxy) is 3. The third-order valence-electron chi connectivity index (χ3n) is 6.95. The fourth-order valence-electron chi connectivity index (χ4n) is 4.55. The van der Waals surface area contributed by atoms with E-state index in [1.165, 1.54) is 12.1 Å². The minimum Gasteiger partial charge on any atom is -0.497 e. The van der Waals surface area contributed by atoms with Gasteiger partial charge in [0.25, 0.3) is 0 Å². The Kier molecular flexibility index (Phi) is 9.92. The molecule has 3 N–H and O–H groups in total. The number of aromatic amines is 1. The topological polar surface area (TPSA) is 127 Å². The largest absolute Gasteiger partial charge is 0.497 e. The van der Waals surface area contributed by atoms with E-state index in [1.807, 2.05) is 43.3 Å². The number of methoxy groups -OCH3 is 1. The summed E-state index contributed by atoms with van der Waals surface area (Å²) < 4.78 is 30.7. The Morgan fingerprint density at radius 2 is 1.81 bits per heavy atom. The average molecular weight is 590 g/mol. The summed E-state index contributed by atoms with van der Waals surface area (Å²) >= 11 is 0. The van der Waals surface area contributed by atoms with Crippen LogP contribution in [-0.4, -0.2) is 84.5 Å². The van der Waals surface area contributed by atoms with Crippen LogP contribution in [0.1, 0.15) is 11.4 Å². The van der Waals surface area contributed by atoms with Crippen molar-refractivity contribution < 1.29 is 23.4 Å². The van der Waals surface area contributed by atoms with Crippen molar-refractivity contribution in [3.8, 4) is 28.4 Å². The molecule has 43 heavy (non-hydrogen) atoms. The van der Waals surface area contributed by atoms with Crippen LogP contribution in [0.25, 0.3) is 22.6 Å². The highest BCUT2D eigenvalue weighted by atomic mass is 19.1. The molecule has 1 aliphatic rings. The second-order valence-electron chi connectivity index (χ2n) is 10.5. The van der Waals surface area contributed by atoms with Gasteiger partial charge in [-0.15, -0.1) is 0 Å². The van der Waals surface area contributed by atoms with Gasteiger partial charge in [0.15, 0.2) is 6.29 Å². The van der Waals surface area contributed by atoms with Crippen molar-refractivity contribution in [1.82, 2.24) is 30.2 Å². The van der Waals surface area contributed by atoms with Gasteiger partial charge < -0.3 is 34.7 Å². The lowest BCUT2D eigenvalue weighted by Crippen LogP contribution is -2.43. The molecule has 0 spiro atoms. The smallest absolute Gasteiger partial charge is 0.227 e. The van der Waals surface area contributed by atoms with Gasteiger partial charge in [-0.1, -0.05) is 12.1 Å². The quantitative estimate of drug-likeness (QED) is 0.228. The molecule has 11 nitrogen and oxygen atoms in total. The normalized spacial score (nSPS) is 16.7. The van der Waals surface area contributed by atoms with Gasteiger partial charge in [0.05, 0.1) is 49.7 Å². The van der Waals surface area contributed by atoms with E-state index in [9.17, 15) is 9.18 Å². The Balaban J connectivity index is 1.29. The molecule has 5 rings (SSSR count). The fourth-order valence-corrected chi connectivity index (χ4v) is 4.55. The number of nitrogens with one attached hydrogen (secondary N) is 3. The number of H-pyrrole nitrogens is 1. The summed E-state index contributed by atoms with van der Waals surface area (Å²) in [4.78, 5) is 31.7. The summed E-state index contributed by atoms with van der Waals surface area (Å²) in [5.74, 6) is 1.06. The maximum Gasteiger partial charge on any atom is 0.227 e. The number of hydrogen-bond acceptors (Lipinski definition) is 9. The van der Waals surface area contributed by atoms with Crippen molar-refractivity contribution in [2.24, 2.45) is 5.92 Å². The molecule has 0 saturated carbocycles. The number of anilines is 1. The number of likely N-dealkylation sites (N-methyl/N-ethyl adjacent to an activating group) is 1. The predicted octanol–water partition coefficient (Wildman–Crippen LogP) is 3.50. The van der Waals surface area contributed by atoms with Gasteiger partial charge >= 0.3 is 0 Å². The van der Waals surface area contributed by atoms with Crippen LogP contribution in [0, 0.1) is 11.7 Å². The van der Waals surface area contributed by atoms with Crippen LogP contribution < -0.4 is 15.4 Å². The van der Waals surface area contributed by atoms with Crippen molar-refractivity contribution in [3.05, 3.63) is 78.0 Å². The van der Waals surface area contributed by atoms with Gasteiger partial charge in [-0.3, -0.25) is 4.79 Å². The highest BCUT2D eigenvalue weighted by Crippen LogP contribution is 2.30. The van der Waals surface area contributed by atoms with Crippen LogP contribution in [-0.2, 0) is 27.2 Å². The summed E-state index contributed by atoms with van der Waals surface area (Å²) in [6.45, 7) is 2.36. The fraction of sp³-hybridized carbons (Fsp3) is 0.355. The molecule has 0 bridgehead atoms. The summed E-state index contributed by atoms with van der Waals surface area (Å²) in [5, 5.41) is 6.18. The Morgan fingerprint density at radius 1 is 1.07 bits per heavy atom. The second-order valence-corrected chi connectivity index (χ2v) is 10.5. The lowest BCUT2D eigenvalue weighted by Gasteiger charge is -2.28. The van der Waals surface area contributed by atoms with Gasteiger partial charge in [-0.05, 0) is 62.1 Å². The zero-order valence-corrected chi connectivity index (χ0v) is 24.5. The lowest BCUT2D eigenvalue weighted by atomic mass is 10.1. The van der Waals surface area contributed by atoms with E-state index in [-0.39, 0.29) is 30.9 Å². The molecule has 1 fully saturated rings. The molecular weight excluding hydrogens is 553 g/mol. The van der Waals surface area contributed by atoms with E-state index in [4.69, 9.17) is 24.2 Å². The number of benzene rings is 2. The molecule has 12 heteroatoms. The maximum atomic E-state index is 13.7. The van der Waals surface area contributed by atoms with Crippen LogP contribution in [0.3, 0.4) is 0 Å². The van der Waals surface area contributed by atoms with Gasteiger partial charge in [-0.25, -0.2) is 19.3 Å². The average Bonchev–Trinajstić information content (AvgIpc) is 3.44. The van der Waals surface area contributed by atoms with Gasteiger partial charge in [0.1, 0.15) is 17.4 Å². The predicted molar refractivity (Wildman–Crippen MR) is 160 cm³/mol. The second kappa shape index (κ2) is 14.2. The number of carbonyl (C=O) groups is 1. The van der Waals surface area contributed by atoms with Gasteiger partial charge in [0.2, 0.25) is 11.9 Å². The minimum atomic E-state index is -0.571. The Bertz CT molecular complexity index is 1490. The standard InChI is InChI=1S/C31H36FN7O4/c1-39(2)15-14-33-30(40)22-18-42-27(43-19-22)16-26-37-28(21-6-8-23(32)9-7-21)29(38-26)25-12-13-34-31(36-25)35-17-20-4-10-24(41-3)11-5-20/h4-13,22,27H,14-19H2,1-3H3,(H,33,40)(H,37,38)(H,34,35,36). The third kappa shape index (κ3) is 8.13. The molecule has 0 unspecified atom stereocenters. The molecule has 0 radical (unpaired) electrons. The zero-order valence-electron chi connectivity index (χ0n) is 24.5. The Morgan fingerprint density at radius 3 is 2.51 bits per heavy atom. The third-order valence-corrected chi connectivity index (χ3v) is 6.95. The molecule has 1 amide bonds. The van der Waals surface area contributed by atoms with Crippen LogP contribution in [0.15, 0.2) is 60.8 Å². The lowest BCUT2D eigenvalue weighted by molar-refractivity contribution is -0.200. The number of nitrogens with zero attached hydrogens (tertiary/aromatic N) is 4. The summed E-state index contributed by atoms with van der Waals surface area (Å²) in [5.41, 5.74) is 3.66. The number of rotatable bonds is 12. The summed E-state index contributed by atoms with van der Waals surface area (Å²) in [6.07, 6.45) is 1.43. The number of amides is 1. The van der Waals surface area contributed by atoms with E-state index in [2.05, 4.69) is 20.6 Å². The Labute approximate surface area is 249 Å². The van der Waals surface area contributed by atoms with Crippen LogP contribution in [0.2, 0.25) is 0 Å². The summed E-state index contributed by atoms with van der Waals surface area (Å²) in [6, 6.07) is 15.7. The number of carbonyl (C=O) groups excluding carboxylic acids is 1. The zero-order chi connectivity index (χ0) is 30.2. The van der Waals surface area contributed by atoms with Gasteiger partial charge in [-0.2, -0.15) is 0 Å². The number of imidazole rings is 1. The molecule has 2 aromatic carbocycles. The Hall–Kier alpha value is -4.39. The van der Waals surface area contributed by atoms with Crippen LogP contribution in [0.4, 0.5) is 10.3 Å². The maximum absolute atomic E-state index is 13.7. The number of halogens is 1. The monoisotopic (exact) mass is 589 g/mol. The molecule has 0 atom stereocenters. The van der Waals surface area contributed by atoms with E-state index < -0.39 is 6.29 Å². The van der Waals surface area contributed by atoms with Crippen molar-refractivity contribution in [3.63, 3.8) is 0 Å². The molecule has 0 aliphatic carbocycles. The first kappa shape index (κ1) is 30.1. The minimum absolute atomic E-state index is 0.0839. The summed E-state index contributed by atoms with van der Waals surface area (Å²) in [7, 11) is 5.54. The SMILES string of the molecule is COc1ccc(CNc2nccc(-c3[nH]c(CC4OCC(C(=O)NCCN(C)C)CO4)nc3-c3ccc(F)cc3)n2)cc1. The van der Waals surface area contributed by atoms with E-state index in [0.717, 1.165) is 23.4 Å². The molecule has 4 aromatic rings. The van der Waals surface area contributed by atoms with Crippen molar-refractivity contribution in [2.45, 2.75) is 19.3 Å². The van der Waals surface area contributed by atoms with Crippen LogP contribution >= 0.6 is 0 Å². The first-order chi connectivity index (χ1) is 20.9. The van der Waals surface area contributed by atoms with Crippen molar-refractivity contribution >= 4 is 11.9 Å². The van der Waals surface area contributed by atoms with Crippen molar-refractivity contribution in [1.29, 1.82) is 0 Å². The molecule has 3 heterocycles. The van der Waals surface area contributed by atoms with E-state index >= 15 is 0 Å². The van der Waals surface area contributed by atoms with Crippen molar-refractivity contribution in [2.75, 3.05) is 52.8 Å². The molecule has 226 valence electrons. The van der Waals surface area contributed by atoms with E-state index in [1.54, 1.807) is 31.5 Å².